The van der Waals surface area contributed by atoms with Gasteiger partial charge < -0.3 is 5.32 Å². The van der Waals surface area contributed by atoms with Crippen LogP contribution in [0.4, 0.5) is 0 Å². The van der Waals surface area contributed by atoms with Gasteiger partial charge in [-0.05, 0) is 25.2 Å². The summed E-state index contributed by atoms with van der Waals surface area (Å²) in [5.41, 5.74) is 0. The zero-order valence-electron chi connectivity index (χ0n) is 8.66. The molecule has 1 aromatic heterocycles. The molecule has 0 bridgehead atoms. The summed E-state index contributed by atoms with van der Waals surface area (Å²) < 4.78 is 0. The molecule has 0 radical (unpaired) electrons. The van der Waals surface area contributed by atoms with Crippen LogP contribution in [-0.2, 0) is 6.54 Å². The van der Waals surface area contributed by atoms with Gasteiger partial charge in [-0.25, -0.2) is 4.98 Å². The van der Waals surface area contributed by atoms with Crippen LogP contribution in [0.25, 0.3) is 0 Å². The number of nitrogens with one attached hydrogen (secondary N) is 2. The third-order valence-corrected chi connectivity index (χ3v) is 3.14. The molecule has 2 atom stereocenters. The molecule has 1 saturated carbocycles. The first kappa shape index (κ1) is 9.65. The molecule has 2 rings (SSSR count). The highest BCUT2D eigenvalue weighted by atomic mass is 15.2. The number of H-pyrrole nitrogens is 1. The van der Waals surface area contributed by atoms with Crippen LogP contribution in [0, 0.1) is 5.92 Å². The van der Waals surface area contributed by atoms with Crippen LogP contribution in [0.1, 0.15) is 38.4 Å². The van der Waals surface area contributed by atoms with Gasteiger partial charge in [-0.2, -0.15) is 5.10 Å². The van der Waals surface area contributed by atoms with Crippen molar-refractivity contribution in [3.63, 3.8) is 0 Å². The van der Waals surface area contributed by atoms with E-state index in [2.05, 4.69) is 27.4 Å². The second-order valence-corrected chi connectivity index (χ2v) is 4.10. The lowest BCUT2D eigenvalue weighted by Gasteiger charge is -2.10. The van der Waals surface area contributed by atoms with Crippen LogP contribution in [0.15, 0.2) is 6.33 Å². The molecule has 0 saturated heterocycles. The van der Waals surface area contributed by atoms with E-state index in [4.69, 9.17) is 0 Å². The normalized spacial score (nSPS) is 26.9. The van der Waals surface area contributed by atoms with Gasteiger partial charge in [-0.3, -0.25) is 5.10 Å². The van der Waals surface area contributed by atoms with E-state index in [0.717, 1.165) is 18.3 Å². The van der Waals surface area contributed by atoms with Crippen molar-refractivity contribution in [2.75, 3.05) is 0 Å². The average Bonchev–Trinajstić information content (AvgIpc) is 2.86. The molecule has 14 heavy (non-hydrogen) atoms. The maximum Gasteiger partial charge on any atom is 0.138 e. The Morgan fingerprint density at radius 1 is 1.57 bits per heavy atom. The largest absolute Gasteiger partial charge is 0.307 e. The van der Waals surface area contributed by atoms with Gasteiger partial charge in [0.2, 0.25) is 0 Å². The molecule has 1 aliphatic rings. The van der Waals surface area contributed by atoms with Gasteiger partial charge in [-0.15, -0.1) is 0 Å². The highest BCUT2D eigenvalue weighted by molar-refractivity contribution is 4.84. The standard InChI is InChI=1S/C10H18N4/c1-2-8-3-4-9(5-8)11-6-10-12-7-13-14-10/h7-9,11H,2-6H2,1H3,(H,12,13,14). The summed E-state index contributed by atoms with van der Waals surface area (Å²) in [7, 11) is 0. The second-order valence-electron chi connectivity index (χ2n) is 4.10. The minimum absolute atomic E-state index is 0.685. The van der Waals surface area contributed by atoms with Gasteiger partial charge >= 0.3 is 0 Å². The van der Waals surface area contributed by atoms with Gasteiger partial charge in [0.05, 0.1) is 6.54 Å². The fourth-order valence-electron chi connectivity index (χ4n) is 2.19. The summed E-state index contributed by atoms with van der Waals surface area (Å²) in [6, 6.07) is 0.685. The van der Waals surface area contributed by atoms with E-state index in [9.17, 15) is 0 Å². The lowest BCUT2D eigenvalue weighted by Crippen LogP contribution is -2.26. The lowest BCUT2D eigenvalue weighted by atomic mass is 10.1. The minimum Gasteiger partial charge on any atom is -0.307 e. The Morgan fingerprint density at radius 3 is 3.14 bits per heavy atom. The maximum atomic E-state index is 4.09. The zero-order valence-corrected chi connectivity index (χ0v) is 8.66. The number of hydrogen-bond donors (Lipinski definition) is 2. The predicted octanol–water partition coefficient (Wildman–Crippen LogP) is 1.47. The van der Waals surface area contributed by atoms with E-state index in [1.165, 1.54) is 25.7 Å². The van der Waals surface area contributed by atoms with Crippen molar-refractivity contribution < 1.29 is 0 Å². The van der Waals surface area contributed by atoms with Crippen LogP contribution in [0.2, 0.25) is 0 Å². The highest BCUT2D eigenvalue weighted by Gasteiger charge is 2.22. The highest BCUT2D eigenvalue weighted by Crippen LogP contribution is 2.27. The van der Waals surface area contributed by atoms with Crippen molar-refractivity contribution in [2.24, 2.45) is 5.92 Å². The van der Waals surface area contributed by atoms with Gasteiger partial charge in [0, 0.05) is 6.04 Å². The van der Waals surface area contributed by atoms with E-state index in [1.54, 1.807) is 6.33 Å². The molecule has 0 spiro atoms. The molecule has 1 aliphatic carbocycles. The third-order valence-electron chi connectivity index (χ3n) is 3.14. The van der Waals surface area contributed by atoms with E-state index < -0.39 is 0 Å². The molecule has 0 amide bonds. The maximum absolute atomic E-state index is 4.09. The number of aromatic amines is 1. The quantitative estimate of drug-likeness (QED) is 0.763. The van der Waals surface area contributed by atoms with E-state index in [1.807, 2.05) is 0 Å². The summed E-state index contributed by atoms with van der Waals surface area (Å²) >= 11 is 0. The number of aromatic nitrogens is 3. The van der Waals surface area contributed by atoms with Crippen LogP contribution in [0.3, 0.4) is 0 Å². The SMILES string of the molecule is CCC1CCC(NCc2ncn[nH]2)C1. The number of rotatable bonds is 4. The molecule has 4 nitrogen and oxygen atoms in total. The van der Waals surface area contributed by atoms with Crippen LogP contribution in [-0.4, -0.2) is 21.2 Å². The van der Waals surface area contributed by atoms with Crippen LogP contribution in [0.5, 0.6) is 0 Å². The Morgan fingerprint density at radius 2 is 2.50 bits per heavy atom. The second kappa shape index (κ2) is 4.55. The molecule has 2 unspecified atom stereocenters. The smallest absolute Gasteiger partial charge is 0.138 e. The summed E-state index contributed by atoms with van der Waals surface area (Å²) in [6.07, 6.45) is 6.89. The Hall–Kier alpha value is -0.900. The Bertz CT molecular complexity index is 257. The molecule has 0 aromatic carbocycles. The Kier molecular flexibility index (Phi) is 3.14. The summed E-state index contributed by atoms with van der Waals surface area (Å²) in [5, 5.41) is 10.2. The van der Waals surface area contributed by atoms with Crippen molar-refractivity contribution in [3.8, 4) is 0 Å². The van der Waals surface area contributed by atoms with Crippen molar-refractivity contribution in [3.05, 3.63) is 12.2 Å². The molecule has 0 aliphatic heterocycles. The van der Waals surface area contributed by atoms with Crippen molar-refractivity contribution >= 4 is 0 Å². The Balaban J connectivity index is 1.72. The third kappa shape index (κ3) is 2.32. The predicted molar refractivity (Wildman–Crippen MR) is 54.6 cm³/mol. The van der Waals surface area contributed by atoms with Crippen molar-refractivity contribution in [1.29, 1.82) is 0 Å². The first-order valence-corrected chi connectivity index (χ1v) is 5.46. The molecule has 2 N–H and O–H groups in total. The molecule has 1 fully saturated rings. The fraction of sp³-hybridized carbons (Fsp3) is 0.800. The molecule has 1 aromatic rings. The van der Waals surface area contributed by atoms with Gasteiger partial charge in [-0.1, -0.05) is 13.3 Å². The van der Waals surface area contributed by atoms with Crippen molar-refractivity contribution in [2.45, 2.75) is 45.2 Å². The van der Waals surface area contributed by atoms with Crippen LogP contribution >= 0.6 is 0 Å². The zero-order chi connectivity index (χ0) is 9.80. The van der Waals surface area contributed by atoms with E-state index in [-0.39, 0.29) is 0 Å². The summed E-state index contributed by atoms with van der Waals surface area (Å²) in [5.74, 6) is 1.87. The fourth-order valence-corrected chi connectivity index (χ4v) is 2.19. The number of hydrogen-bond acceptors (Lipinski definition) is 3. The van der Waals surface area contributed by atoms with E-state index in [0.29, 0.717) is 6.04 Å². The minimum atomic E-state index is 0.685. The molecular formula is C10H18N4. The monoisotopic (exact) mass is 194 g/mol. The first-order chi connectivity index (χ1) is 6.88. The molecule has 4 heteroatoms. The van der Waals surface area contributed by atoms with Crippen molar-refractivity contribution in [1.82, 2.24) is 20.5 Å². The van der Waals surface area contributed by atoms with Gasteiger partial charge in [0.25, 0.3) is 0 Å². The number of nitrogens with zero attached hydrogens (tertiary/aromatic N) is 2. The summed E-state index contributed by atoms with van der Waals surface area (Å²) in [4.78, 5) is 4.09. The lowest BCUT2D eigenvalue weighted by molar-refractivity contribution is 0.472. The van der Waals surface area contributed by atoms with Crippen LogP contribution < -0.4 is 5.32 Å². The molecular weight excluding hydrogens is 176 g/mol. The molecule has 78 valence electrons. The van der Waals surface area contributed by atoms with E-state index >= 15 is 0 Å². The average molecular weight is 194 g/mol. The Labute approximate surface area is 84.5 Å². The first-order valence-electron chi connectivity index (χ1n) is 5.46. The topological polar surface area (TPSA) is 53.6 Å². The van der Waals surface area contributed by atoms with Gasteiger partial charge in [0.1, 0.15) is 12.2 Å². The van der Waals surface area contributed by atoms with Gasteiger partial charge in [0.15, 0.2) is 0 Å². The summed E-state index contributed by atoms with van der Waals surface area (Å²) in [6.45, 7) is 3.10. The molecule has 1 heterocycles.